The maximum absolute atomic E-state index is 14.5. The van der Waals surface area contributed by atoms with Crippen molar-refractivity contribution in [3.63, 3.8) is 0 Å². The van der Waals surface area contributed by atoms with Gasteiger partial charge in [-0.2, -0.15) is 4.98 Å². The Kier molecular flexibility index (Phi) is 4.61. The van der Waals surface area contributed by atoms with Gasteiger partial charge in [0.25, 0.3) is 0 Å². The summed E-state index contributed by atoms with van der Waals surface area (Å²) < 4.78 is 84.2. The summed E-state index contributed by atoms with van der Waals surface area (Å²) in [6.07, 6.45) is 1.84. The third kappa shape index (κ3) is 6.51. The van der Waals surface area contributed by atoms with Gasteiger partial charge in [0.1, 0.15) is 12.4 Å². The molecule has 0 fully saturated rings. The number of hydrogen-bond donors (Lipinski definition) is 3. The van der Waals surface area contributed by atoms with Crippen molar-refractivity contribution in [1.29, 1.82) is 0 Å². The number of nitrogens with zero attached hydrogens (tertiary/aromatic N) is 2. The van der Waals surface area contributed by atoms with Crippen molar-refractivity contribution >= 4 is 34.7 Å². The van der Waals surface area contributed by atoms with Crippen LogP contribution >= 0.6 is 0 Å². The highest BCUT2D eigenvalue weighted by Gasteiger charge is 2.09. The van der Waals surface area contributed by atoms with Crippen LogP contribution in [-0.4, -0.2) is 36.1 Å². The first-order valence-electron chi connectivity index (χ1n) is 12.7. The van der Waals surface area contributed by atoms with Crippen LogP contribution in [0.2, 0.25) is 0 Å². The molecule has 2 aromatic carbocycles. The van der Waals surface area contributed by atoms with E-state index in [-0.39, 0.29) is 28.9 Å². The van der Waals surface area contributed by atoms with Gasteiger partial charge in [-0.15, -0.1) is 0 Å². The van der Waals surface area contributed by atoms with Crippen LogP contribution in [-0.2, 0) is 9.53 Å². The van der Waals surface area contributed by atoms with E-state index in [1.165, 1.54) is 30.3 Å². The van der Waals surface area contributed by atoms with Gasteiger partial charge >= 0.3 is 0 Å². The molecule has 0 spiro atoms. The van der Waals surface area contributed by atoms with Crippen LogP contribution < -0.4 is 20.7 Å². The molecule has 0 bridgehead atoms. The summed E-state index contributed by atoms with van der Waals surface area (Å²) >= 11 is 0. The standard InChI is InChI=1S/C22H22FN5O3/c1-3-20(29)25-16-5-4-6-17(13-16)26-21-19(23)14-24-22(28-21)27-15-7-9-18(10-8-15)31-12-11-30-2/h3-10,13-14H,1,11-12H2,2H3,(H,25,29)(H2,24,26,27,28)/i2D3,4D,5D,6D,11D2. The van der Waals surface area contributed by atoms with Crippen molar-refractivity contribution in [2.45, 2.75) is 0 Å². The van der Waals surface area contributed by atoms with Crippen molar-refractivity contribution in [3.8, 4) is 5.75 Å². The van der Waals surface area contributed by atoms with Crippen LogP contribution in [0.3, 0.4) is 0 Å². The monoisotopic (exact) mass is 431 g/mol. The summed E-state index contributed by atoms with van der Waals surface area (Å²) in [6, 6.07) is 5.82. The van der Waals surface area contributed by atoms with E-state index in [4.69, 9.17) is 15.7 Å². The molecule has 0 aliphatic rings. The lowest BCUT2D eigenvalue weighted by molar-refractivity contribution is -0.111. The van der Waals surface area contributed by atoms with Crippen molar-refractivity contribution in [2.24, 2.45) is 0 Å². The fourth-order valence-electron chi connectivity index (χ4n) is 2.25. The lowest BCUT2D eigenvalue weighted by atomic mass is 10.2. The Morgan fingerprint density at radius 3 is 2.87 bits per heavy atom. The van der Waals surface area contributed by atoms with Crippen molar-refractivity contribution in [2.75, 3.05) is 36.2 Å². The molecule has 3 N–H and O–H groups in total. The second-order valence-corrected chi connectivity index (χ2v) is 5.74. The fraction of sp³-hybridized carbons (Fsp3) is 0.136. The number of benzene rings is 2. The molecule has 1 aromatic heterocycles. The molecular formula is C22H22FN5O3. The Bertz CT molecular complexity index is 1370. The predicted molar refractivity (Wildman–Crippen MR) is 118 cm³/mol. The first kappa shape index (κ1) is 13.3. The number of aromatic nitrogens is 2. The Hall–Kier alpha value is -3.98. The molecule has 0 aliphatic heterocycles. The number of carbonyl (C=O) groups is 1. The molecule has 1 amide bonds. The van der Waals surface area contributed by atoms with E-state index in [1.54, 1.807) is 0 Å². The van der Waals surface area contributed by atoms with Crippen LogP contribution in [0.1, 0.15) is 11.0 Å². The molecule has 8 nitrogen and oxygen atoms in total. The largest absolute Gasteiger partial charge is 0.491 e. The van der Waals surface area contributed by atoms with Gasteiger partial charge < -0.3 is 25.4 Å². The molecule has 0 saturated carbocycles. The van der Waals surface area contributed by atoms with Crippen molar-refractivity contribution < 1.29 is 29.6 Å². The molecule has 1 heterocycles. The maximum atomic E-state index is 14.5. The van der Waals surface area contributed by atoms with Crippen LogP contribution in [0, 0.1) is 5.82 Å². The van der Waals surface area contributed by atoms with Crippen LogP contribution in [0.25, 0.3) is 0 Å². The molecule has 31 heavy (non-hydrogen) atoms. The number of halogens is 1. The zero-order valence-corrected chi connectivity index (χ0v) is 16.0. The minimum Gasteiger partial charge on any atom is -0.491 e. The van der Waals surface area contributed by atoms with E-state index in [1.807, 2.05) is 0 Å². The summed E-state index contributed by atoms with van der Waals surface area (Å²) in [5, 5.41) is 7.76. The SMILES string of the molecule is [2H]c1c(NC(=O)C=C)cc(Nc2nc(Nc3ccc(OCC([2H])([2H])OC([2H])([2H])[2H])cc3)ncc2F)c([2H])c1[2H]. The lowest BCUT2D eigenvalue weighted by Crippen LogP contribution is -2.07. The number of rotatable bonds is 10. The third-order valence-electron chi connectivity index (χ3n) is 3.60. The highest BCUT2D eigenvalue weighted by molar-refractivity contribution is 5.99. The van der Waals surface area contributed by atoms with E-state index in [9.17, 15) is 9.18 Å². The van der Waals surface area contributed by atoms with Gasteiger partial charge in [-0.1, -0.05) is 12.6 Å². The van der Waals surface area contributed by atoms with Gasteiger partial charge in [0.15, 0.2) is 11.6 Å². The molecule has 3 aromatic rings. The summed E-state index contributed by atoms with van der Waals surface area (Å²) in [4.78, 5) is 19.5. The quantitative estimate of drug-likeness (QED) is 0.413. The second-order valence-electron chi connectivity index (χ2n) is 5.74. The number of nitrogens with one attached hydrogen (secondary N) is 3. The number of ether oxygens (including phenoxy) is 2. The molecule has 0 radical (unpaired) electrons. The van der Waals surface area contributed by atoms with Crippen LogP contribution in [0.4, 0.5) is 33.2 Å². The Labute approximate surface area is 190 Å². The topological polar surface area (TPSA) is 97.4 Å². The average Bonchev–Trinajstić information content (AvgIpc) is 2.85. The molecule has 3 rings (SSSR count). The zero-order valence-electron chi connectivity index (χ0n) is 24.0. The van der Waals surface area contributed by atoms with Gasteiger partial charge in [-0.25, -0.2) is 9.37 Å². The molecule has 0 atom stereocenters. The summed E-state index contributed by atoms with van der Waals surface area (Å²) in [7, 11) is -2.93. The summed E-state index contributed by atoms with van der Waals surface area (Å²) in [5.41, 5.74) is 0.253. The van der Waals surface area contributed by atoms with Crippen molar-refractivity contribution in [3.05, 3.63) is 73.1 Å². The number of carbonyl (C=O) groups excluding carboxylic acids is 1. The third-order valence-corrected chi connectivity index (χ3v) is 3.60. The van der Waals surface area contributed by atoms with Gasteiger partial charge in [0.05, 0.1) is 23.7 Å². The van der Waals surface area contributed by atoms with Gasteiger partial charge in [0, 0.05) is 24.1 Å². The maximum Gasteiger partial charge on any atom is 0.247 e. The van der Waals surface area contributed by atoms with E-state index < -0.39 is 50.1 Å². The zero-order chi connectivity index (χ0) is 29.0. The fourth-order valence-corrected chi connectivity index (χ4v) is 2.25. The number of methoxy groups -OCH3 is 1. The van der Waals surface area contributed by atoms with E-state index in [0.29, 0.717) is 5.69 Å². The van der Waals surface area contributed by atoms with Crippen LogP contribution in [0.15, 0.2) is 67.3 Å². The number of hydrogen-bond acceptors (Lipinski definition) is 7. The Morgan fingerprint density at radius 1 is 1.29 bits per heavy atom. The number of amides is 1. The van der Waals surface area contributed by atoms with E-state index in [2.05, 4.69) is 37.2 Å². The normalized spacial score (nSPS) is 14.9. The van der Waals surface area contributed by atoms with Gasteiger partial charge in [-0.05, 0) is 48.5 Å². The minimum atomic E-state index is -2.93. The average molecular weight is 431 g/mol. The van der Waals surface area contributed by atoms with E-state index in [0.717, 1.165) is 12.3 Å². The molecule has 0 aliphatic carbocycles. The molecular weight excluding hydrogens is 401 g/mol. The van der Waals surface area contributed by atoms with Gasteiger partial charge in [0.2, 0.25) is 11.9 Å². The van der Waals surface area contributed by atoms with Gasteiger partial charge in [-0.3, -0.25) is 4.79 Å². The van der Waals surface area contributed by atoms with Crippen LogP contribution in [0.5, 0.6) is 5.75 Å². The Balaban J connectivity index is 1.74. The predicted octanol–water partition coefficient (Wildman–Crippen LogP) is 4.25. The summed E-state index contributed by atoms with van der Waals surface area (Å²) in [5.74, 6) is -1.70. The molecule has 9 heteroatoms. The highest BCUT2D eigenvalue weighted by Crippen LogP contribution is 2.23. The second kappa shape index (κ2) is 10.7. The van der Waals surface area contributed by atoms with Crippen molar-refractivity contribution in [1.82, 2.24) is 9.97 Å². The molecule has 0 unspecified atom stereocenters. The smallest absolute Gasteiger partial charge is 0.247 e. The first-order valence-corrected chi connectivity index (χ1v) is 8.71. The Morgan fingerprint density at radius 2 is 2.10 bits per heavy atom. The summed E-state index contributed by atoms with van der Waals surface area (Å²) in [6.45, 7) is 0.0918. The molecule has 0 saturated heterocycles. The molecule has 160 valence electrons. The number of anilines is 5. The highest BCUT2D eigenvalue weighted by atomic mass is 19.1. The first-order chi connectivity index (χ1) is 18.2. The lowest BCUT2D eigenvalue weighted by Gasteiger charge is -2.11. The van der Waals surface area contributed by atoms with E-state index >= 15 is 0 Å². The minimum absolute atomic E-state index is 0.0510.